The SMILES string of the molecule is Cc1cc(CN2CCCC2)ccc1C(=O)NCCN1CCC(OC(=O)Nc2ccccc2-c2ccccc2)CC1. The number of nitrogens with one attached hydrogen (secondary N) is 2. The Kier molecular flexibility index (Phi) is 9.47. The quantitative estimate of drug-likeness (QED) is 0.364. The van der Waals surface area contributed by atoms with E-state index in [0.717, 1.165) is 67.0 Å². The number of hydrogen-bond acceptors (Lipinski definition) is 5. The van der Waals surface area contributed by atoms with Gasteiger partial charge in [0.1, 0.15) is 6.10 Å². The highest BCUT2D eigenvalue weighted by atomic mass is 16.6. The minimum atomic E-state index is -0.420. The van der Waals surface area contributed by atoms with Crippen LogP contribution >= 0.6 is 0 Å². The lowest BCUT2D eigenvalue weighted by atomic mass is 10.0. The molecule has 0 atom stereocenters. The highest BCUT2D eigenvalue weighted by Gasteiger charge is 2.23. The summed E-state index contributed by atoms with van der Waals surface area (Å²) >= 11 is 0. The normalized spacial score (nSPS) is 16.5. The first-order valence-corrected chi connectivity index (χ1v) is 14.5. The van der Waals surface area contributed by atoms with Crippen LogP contribution in [0.4, 0.5) is 10.5 Å². The van der Waals surface area contributed by atoms with Crippen LogP contribution in [-0.4, -0.2) is 67.2 Å². The molecule has 0 radical (unpaired) electrons. The second-order valence-electron chi connectivity index (χ2n) is 10.9. The number of amides is 2. The van der Waals surface area contributed by atoms with E-state index in [1.165, 1.54) is 31.5 Å². The lowest BCUT2D eigenvalue weighted by Gasteiger charge is -2.31. The van der Waals surface area contributed by atoms with Crippen molar-refractivity contribution in [2.75, 3.05) is 44.6 Å². The molecule has 2 amide bonds. The van der Waals surface area contributed by atoms with E-state index in [1.807, 2.05) is 67.6 Å². The molecule has 2 heterocycles. The second-order valence-corrected chi connectivity index (χ2v) is 10.9. The summed E-state index contributed by atoms with van der Waals surface area (Å²) in [4.78, 5) is 30.2. The summed E-state index contributed by atoms with van der Waals surface area (Å²) in [7, 11) is 0. The first-order chi connectivity index (χ1) is 19.5. The molecule has 7 nitrogen and oxygen atoms in total. The van der Waals surface area contributed by atoms with Gasteiger partial charge in [-0.15, -0.1) is 0 Å². The third-order valence-corrected chi connectivity index (χ3v) is 7.91. The summed E-state index contributed by atoms with van der Waals surface area (Å²) in [6.45, 7) is 8.35. The first-order valence-electron chi connectivity index (χ1n) is 14.5. The summed E-state index contributed by atoms with van der Waals surface area (Å²) in [5, 5.41) is 6.01. The van der Waals surface area contributed by atoms with Crippen molar-refractivity contribution < 1.29 is 14.3 Å². The van der Waals surface area contributed by atoms with Gasteiger partial charge in [0.25, 0.3) is 5.91 Å². The third-order valence-electron chi connectivity index (χ3n) is 7.91. The van der Waals surface area contributed by atoms with E-state index >= 15 is 0 Å². The Labute approximate surface area is 237 Å². The molecular formula is C33H40N4O3. The number of hydrogen-bond donors (Lipinski definition) is 2. The van der Waals surface area contributed by atoms with Crippen LogP contribution in [0.5, 0.6) is 0 Å². The molecule has 2 saturated heterocycles. The van der Waals surface area contributed by atoms with Gasteiger partial charge in [0.2, 0.25) is 0 Å². The Balaban J connectivity index is 1.02. The Morgan fingerprint density at radius 1 is 0.875 bits per heavy atom. The molecule has 40 heavy (non-hydrogen) atoms. The number of carbonyl (C=O) groups is 2. The van der Waals surface area contributed by atoms with E-state index in [2.05, 4.69) is 32.6 Å². The minimum absolute atomic E-state index is 0.0177. The second kappa shape index (κ2) is 13.6. The molecule has 0 unspecified atom stereocenters. The molecule has 7 heteroatoms. The van der Waals surface area contributed by atoms with Crippen molar-refractivity contribution in [2.45, 2.75) is 45.3 Å². The number of likely N-dealkylation sites (tertiary alicyclic amines) is 2. The van der Waals surface area contributed by atoms with Crippen molar-refractivity contribution in [2.24, 2.45) is 0 Å². The average Bonchev–Trinajstić information content (AvgIpc) is 3.48. The monoisotopic (exact) mass is 540 g/mol. The number of para-hydroxylation sites is 1. The number of ether oxygens (including phenoxy) is 1. The molecule has 0 spiro atoms. The molecule has 2 fully saturated rings. The van der Waals surface area contributed by atoms with Crippen molar-refractivity contribution in [3.8, 4) is 11.1 Å². The fourth-order valence-corrected chi connectivity index (χ4v) is 5.70. The van der Waals surface area contributed by atoms with Crippen LogP contribution in [0.3, 0.4) is 0 Å². The average molecular weight is 541 g/mol. The lowest BCUT2D eigenvalue weighted by Crippen LogP contribution is -2.42. The van der Waals surface area contributed by atoms with Crippen LogP contribution in [0, 0.1) is 6.92 Å². The van der Waals surface area contributed by atoms with Crippen LogP contribution in [0.15, 0.2) is 72.8 Å². The molecule has 210 valence electrons. The zero-order chi connectivity index (χ0) is 27.7. The maximum Gasteiger partial charge on any atom is 0.411 e. The zero-order valence-corrected chi connectivity index (χ0v) is 23.4. The molecule has 5 rings (SSSR count). The summed E-state index contributed by atoms with van der Waals surface area (Å²) in [6.07, 6.45) is 3.58. The van der Waals surface area contributed by atoms with Gasteiger partial charge in [-0.2, -0.15) is 0 Å². The number of anilines is 1. The number of carbonyl (C=O) groups excluding carboxylic acids is 2. The standard InChI is InChI=1S/C33H40N4O3/c1-25-23-26(24-37-18-7-8-19-37)13-14-29(25)32(38)34-17-22-36-20-15-28(16-21-36)40-33(39)35-31-12-6-5-11-30(31)27-9-3-2-4-10-27/h2-6,9-14,23,28H,7-8,15-22,24H2,1H3,(H,34,38)(H,35,39). The molecule has 3 aromatic rings. The van der Waals surface area contributed by atoms with Gasteiger partial charge < -0.3 is 15.0 Å². The highest BCUT2D eigenvalue weighted by Crippen LogP contribution is 2.28. The number of rotatable bonds is 9. The minimum Gasteiger partial charge on any atom is -0.446 e. The van der Waals surface area contributed by atoms with Crippen molar-refractivity contribution in [1.82, 2.24) is 15.1 Å². The predicted molar refractivity (Wildman–Crippen MR) is 159 cm³/mol. The van der Waals surface area contributed by atoms with E-state index < -0.39 is 6.09 Å². The van der Waals surface area contributed by atoms with Crippen LogP contribution < -0.4 is 10.6 Å². The largest absolute Gasteiger partial charge is 0.446 e. The topological polar surface area (TPSA) is 73.9 Å². The van der Waals surface area contributed by atoms with E-state index in [-0.39, 0.29) is 12.0 Å². The van der Waals surface area contributed by atoms with E-state index in [0.29, 0.717) is 6.54 Å². The van der Waals surface area contributed by atoms with Gasteiger partial charge >= 0.3 is 6.09 Å². The fourth-order valence-electron chi connectivity index (χ4n) is 5.70. The molecule has 2 N–H and O–H groups in total. The van der Waals surface area contributed by atoms with Gasteiger partial charge in [0.15, 0.2) is 0 Å². The maximum absolute atomic E-state index is 12.8. The smallest absolute Gasteiger partial charge is 0.411 e. The van der Waals surface area contributed by atoms with Crippen molar-refractivity contribution >= 4 is 17.7 Å². The Bertz CT molecular complexity index is 1280. The summed E-state index contributed by atoms with van der Waals surface area (Å²) < 4.78 is 5.75. The fraction of sp³-hybridized carbons (Fsp3) is 0.394. The Morgan fingerprint density at radius 3 is 2.35 bits per heavy atom. The van der Waals surface area contributed by atoms with E-state index in [1.54, 1.807) is 0 Å². The zero-order valence-electron chi connectivity index (χ0n) is 23.4. The molecule has 0 bridgehead atoms. The van der Waals surface area contributed by atoms with Crippen LogP contribution in [-0.2, 0) is 11.3 Å². The molecular weight excluding hydrogens is 500 g/mol. The number of piperidine rings is 1. The van der Waals surface area contributed by atoms with Gasteiger partial charge in [-0.1, -0.05) is 60.7 Å². The van der Waals surface area contributed by atoms with Crippen LogP contribution in [0.25, 0.3) is 11.1 Å². The predicted octanol–water partition coefficient (Wildman–Crippen LogP) is 5.70. The van der Waals surface area contributed by atoms with Gasteiger partial charge in [-0.25, -0.2) is 4.79 Å². The van der Waals surface area contributed by atoms with Gasteiger partial charge in [0, 0.05) is 43.9 Å². The van der Waals surface area contributed by atoms with Gasteiger partial charge in [0.05, 0.1) is 5.69 Å². The number of benzene rings is 3. The van der Waals surface area contributed by atoms with Crippen molar-refractivity contribution in [1.29, 1.82) is 0 Å². The molecule has 0 aromatic heterocycles. The van der Waals surface area contributed by atoms with Gasteiger partial charge in [-0.05, 0) is 74.5 Å². The van der Waals surface area contributed by atoms with Crippen molar-refractivity contribution in [3.63, 3.8) is 0 Å². The number of nitrogens with zero attached hydrogens (tertiary/aromatic N) is 2. The first kappa shape index (κ1) is 27.9. The van der Waals surface area contributed by atoms with Crippen molar-refractivity contribution in [3.05, 3.63) is 89.5 Å². The summed E-state index contributed by atoms with van der Waals surface area (Å²) in [5.41, 5.74) is 5.79. The van der Waals surface area contributed by atoms with E-state index in [9.17, 15) is 9.59 Å². The highest BCUT2D eigenvalue weighted by molar-refractivity contribution is 5.95. The van der Waals surface area contributed by atoms with E-state index in [4.69, 9.17) is 4.74 Å². The molecule has 2 aliphatic rings. The third kappa shape index (κ3) is 7.49. The lowest BCUT2D eigenvalue weighted by molar-refractivity contribution is 0.0587. The molecule has 0 aliphatic carbocycles. The Hall–Kier alpha value is -3.68. The molecule has 2 aliphatic heterocycles. The maximum atomic E-state index is 12.8. The summed E-state index contributed by atoms with van der Waals surface area (Å²) in [5.74, 6) is -0.0177. The molecule has 3 aromatic carbocycles. The van der Waals surface area contributed by atoms with Crippen LogP contribution in [0.1, 0.15) is 47.2 Å². The van der Waals surface area contributed by atoms with Crippen LogP contribution in [0.2, 0.25) is 0 Å². The number of aryl methyl sites for hydroxylation is 1. The van der Waals surface area contributed by atoms with Gasteiger partial charge in [-0.3, -0.25) is 15.0 Å². The summed E-state index contributed by atoms with van der Waals surface area (Å²) in [6, 6.07) is 23.9. The Morgan fingerprint density at radius 2 is 1.60 bits per heavy atom. The molecule has 0 saturated carbocycles.